The quantitative estimate of drug-likeness (QED) is 0.519. The monoisotopic (exact) mass is 287 g/mol. The Morgan fingerprint density at radius 2 is 2.25 bits per heavy atom. The molecule has 0 rings (SSSR count). The molecule has 0 radical (unpaired) electrons. The van der Waals surface area contributed by atoms with Gasteiger partial charge in [-0.2, -0.15) is 0 Å². The summed E-state index contributed by atoms with van der Waals surface area (Å²) in [6, 6.07) is 0. The smallest absolute Gasteiger partial charge is 0.109 e. The molecule has 0 atom stereocenters. The van der Waals surface area contributed by atoms with Gasteiger partial charge in [-0.05, 0) is 45.4 Å². The van der Waals surface area contributed by atoms with Crippen molar-refractivity contribution in [2.75, 3.05) is 7.05 Å². The van der Waals surface area contributed by atoms with Gasteiger partial charge in [0, 0.05) is 11.5 Å². The summed E-state index contributed by atoms with van der Waals surface area (Å²) in [6.07, 6.45) is 1.97. The lowest BCUT2D eigenvalue weighted by molar-refractivity contribution is 1.47. The molecular formula is C5H7BrIN. The van der Waals surface area contributed by atoms with Gasteiger partial charge in [-0.15, -0.1) is 0 Å². The highest BCUT2D eigenvalue weighted by Crippen LogP contribution is 2.11. The first-order valence-electron chi connectivity index (χ1n) is 2.16. The lowest BCUT2D eigenvalue weighted by Crippen LogP contribution is -1.81. The fourth-order valence-electron chi connectivity index (χ4n) is 0.226. The van der Waals surface area contributed by atoms with Gasteiger partial charge < -0.3 is 0 Å². The van der Waals surface area contributed by atoms with Crippen molar-refractivity contribution < 1.29 is 0 Å². The van der Waals surface area contributed by atoms with Crippen LogP contribution in [0.5, 0.6) is 0 Å². The third-order valence-electron chi connectivity index (χ3n) is 0.647. The third kappa shape index (κ3) is 2.81. The summed E-state index contributed by atoms with van der Waals surface area (Å²) in [4.78, 5) is 3.95. The van der Waals surface area contributed by atoms with Crippen LogP contribution in [-0.2, 0) is 0 Å². The Hall–Kier alpha value is 0.620. The second-order valence-corrected chi connectivity index (χ2v) is 3.03. The predicted octanol–water partition coefficient (Wildman–Crippen LogP) is 2.75. The molecular weight excluding hydrogens is 281 g/mol. The molecule has 0 saturated carbocycles. The molecule has 0 unspecified atom stereocenters. The van der Waals surface area contributed by atoms with Gasteiger partial charge in [-0.25, -0.2) is 0 Å². The second-order valence-electron chi connectivity index (χ2n) is 1.15. The van der Waals surface area contributed by atoms with Gasteiger partial charge in [0.1, 0.15) is 3.72 Å². The van der Waals surface area contributed by atoms with Crippen molar-refractivity contribution in [3.8, 4) is 0 Å². The fourth-order valence-corrected chi connectivity index (χ4v) is 0.715. The van der Waals surface area contributed by atoms with Crippen LogP contribution in [0.15, 0.2) is 15.6 Å². The van der Waals surface area contributed by atoms with E-state index in [9.17, 15) is 0 Å². The Morgan fingerprint density at radius 3 is 2.38 bits per heavy atom. The largest absolute Gasteiger partial charge is 0.281 e. The van der Waals surface area contributed by atoms with Gasteiger partial charge in [0.2, 0.25) is 0 Å². The molecule has 1 nitrogen and oxygen atoms in total. The molecule has 3 heteroatoms. The van der Waals surface area contributed by atoms with Crippen LogP contribution in [0.1, 0.15) is 6.92 Å². The maximum Gasteiger partial charge on any atom is 0.109 e. The van der Waals surface area contributed by atoms with Crippen LogP contribution in [0, 0.1) is 0 Å². The summed E-state index contributed by atoms with van der Waals surface area (Å²) in [5.41, 5.74) is 0. The molecule has 0 bridgehead atoms. The number of nitrogens with zero attached hydrogens (tertiary/aromatic N) is 1. The van der Waals surface area contributed by atoms with Crippen molar-refractivity contribution in [3.05, 3.63) is 10.6 Å². The average Bonchev–Trinajstić information content (AvgIpc) is 1.84. The zero-order valence-electron chi connectivity index (χ0n) is 4.78. The summed E-state index contributed by atoms with van der Waals surface area (Å²) in [6.45, 7) is 1.97. The summed E-state index contributed by atoms with van der Waals surface area (Å²) < 4.78 is 2.06. The van der Waals surface area contributed by atoms with Gasteiger partial charge >= 0.3 is 0 Å². The SMILES string of the molecule is C/C=C(Br)\C(I)=N/C. The van der Waals surface area contributed by atoms with Crippen molar-refractivity contribution in [1.82, 2.24) is 0 Å². The molecule has 0 N–H and O–H groups in total. The molecule has 0 aromatic rings. The third-order valence-corrected chi connectivity index (χ3v) is 3.29. The van der Waals surface area contributed by atoms with Gasteiger partial charge in [0.15, 0.2) is 0 Å². The maximum absolute atomic E-state index is 3.95. The number of hydrogen-bond donors (Lipinski definition) is 0. The van der Waals surface area contributed by atoms with E-state index in [4.69, 9.17) is 0 Å². The lowest BCUT2D eigenvalue weighted by atomic mass is 10.6. The van der Waals surface area contributed by atoms with Crippen LogP contribution in [0.3, 0.4) is 0 Å². The molecule has 0 aliphatic carbocycles. The lowest BCUT2D eigenvalue weighted by Gasteiger charge is -1.89. The highest BCUT2D eigenvalue weighted by atomic mass is 127. The highest BCUT2D eigenvalue weighted by Gasteiger charge is 1.91. The average molecular weight is 288 g/mol. The van der Waals surface area contributed by atoms with E-state index in [2.05, 4.69) is 43.5 Å². The summed E-state index contributed by atoms with van der Waals surface area (Å²) >= 11 is 5.49. The van der Waals surface area contributed by atoms with Crippen LogP contribution in [-0.4, -0.2) is 10.8 Å². The molecule has 46 valence electrons. The van der Waals surface area contributed by atoms with E-state index in [0.29, 0.717) is 0 Å². The van der Waals surface area contributed by atoms with E-state index in [1.807, 2.05) is 13.0 Å². The van der Waals surface area contributed by atoms with E-state index >= 15 is 0 Å². The molecule has 8 heavy (non-hydrogen) atoms. The standard InChI is InChI=1S/C5H7BrIN/c1-3-4(6)5(7)8-2/h3H,1-2H3/b4-3+,8-5+. The van der Waals surface area contributed by atoms with Gasteiger partial charge in [-0.3, -0.25) is 4.99 Å². The number of rotatable bonds is 1. The minimum Gasteiger partial charge on any atom is -0.281 e. The second kappa shape index (κ2) is 4.49. The summed E-state index contributed by atoms with van der Waals surface area (Å²) in [5.74, 6) is 0. The van der Waals surface area contributed by atoms with Crippen molar-refractivity contribution >= 4 is 42.2 Å². The molecule has 0 aromatic carbocycles. The Bertz CT molecular complexity index is 112. The molecule has 0 fully saturated rings. The van der Waals surface area contributed by atoms with Crippen LogP contribution in [0.2, 0.25) is 0 Å². The van der Waals surface area contributed by atoms with Crippen molar-refractivity contribution in [2.24, 2.45) is 4.99 Å². The van der Waals surface area contributed by atoms with E-state index in [1.54, 1.807) is 7.05 Å². The number of aliphatic imine (C=N–C) groups is 1. The zero-order valence-corrected chi connectivity index (χ0v) is 8.52. The Kier molecular flexibility index (Phi) is 4.84. The Morgan fingerprint density at radius 1 is 1.75 bits per heavy atom. The van der Waals surface area contributed by atoms with Gasteiger partial charge in [-0.1, -0.05) is 6.08 Å². The van der Waals surface area contributed by atoms with Crippen LogP contribution >= 0.6 is 38.5 Å². The molecule has 0 heterocycles. The van der Waals surface area contributed by atoms with E-state index < -0.39 is 0 Å². The molecule has 0 aromatic heterocycles. The van der Waals surface area contributed by atoms with Crippen LogP contribution in [0.4, 0.5) is 0 Å². The fraction of sp³-hybridized carbons (Fsp3) is 0.400. The highest BCUT2D eigenvalue weighted by molar-refractivity contribution is 14.1. The van der Waals surface area contributed by atoms with Gasteiger partial charge in [0.25, 0.3) is 0 Å². The molecule has 0 spiro atoms. The summed E-state index contributed by atoms with van der Waals surface area (Å²) in [5, 5.41) is 0. The van der Waals surface area contributed by atoms with Crippen LogP contribution in [0.25, 0.3) is 0 Å². The first-order valence-corrected chi connectivity index (χ1v) is 4.04. The Labute approximate surface area is 71.5 Å². The molecule has 0 aliphatic heterocycles. The number of hydrogen-bond acceptors (Lipinski definition) is 1. The minimum atomic E-state index is 1.00. The van der Waals surface area contributed by atoms with Crippen molar-refractivity contribution in [2.45, 2.75) is 6.92 Å². The molecule has 0 aliphatic rings. The van der Waals surface area contributed by atoms with E-state index in [-0.39, 0.29) is 0 Å². The molecule has 0 amide bonds. The topological polar surface area (TPSA) is 12.4 Å². The Balaban J connectivity index is 4.04. The van der Waals surface area contributed by atoms with Gasteiger partial charge in [0.05, 0.1) is 0 Å². The number of allylic oxidation sites excluding steroid dienone is 2. The molecule has 0 saturated heterocycles. The summed E-state index contributed by atoms with van der Waals surface area (Å²) in [7, 11) is 1.77. The van der Waals surface area contributed by atoms with Crippen LogP contribution < -0.4 is 0 Å². The zero-order chi connectivity index (χ0) is 6.57. The first kappa shape index (κ1) is 8.62. The first-order chi connectivity index (χ1) is 3.72. The minimum absolute atomic E-state index is 1.00. The number of halogens is 2. The normalized spacial score (nSPS) is 14.5. The predicted molar refractivity (Wildman–Crippen MR) is 50.1 cm³/mol. The van der Waals surface area contributed by atoms with Crippen molar-refractivity contribution in [1.29, 1.82) is 0 Å². The van der Waals surface area contributed by atoms with Crippen molar-refractivity contribution in [3.63, 3.8) is 0 Å². The van der Waals surface area contributed by atoms with E-state index in [0.717, 1.165) is 8.20 Å². The maximum atomic E-state index is 3.95. The van der Waals surface area contributed by atoms with E-state index in [1.165, 1.54) is 0 Å².